The molecule has 1 aromatic rings. The number of halogens is 1. The number of nitrogens with one attached hydrogen (secondary N) is 1. The van der Waals surface area contributed by atoms with E-state index in [-0.39, 0.29) is 5.60 Å². The van der Waals surface area contributed by atoms with Crippen LogP contribution < -0.4 is 4.72 Å². The molecule has 4 aliphatic carbocycles. The summed E-state index contributed by atoms with van der Waals surface area (Å²) < 4.78 is 35.1. The lowest BCUT2D eigenvalue weighted by molar-refractivity contribution is -0.185. The quantitative estimate of drug-likeness (QED) is 0.802. The second-order valence-corrected chi connectivity index (χ2v) is 10.4. The fraction of sp³-hybridized carbons (Fsp3) is 0.667. The van der Waals surface area contributed by atoms with E-state index in [0.717, 1.165) is 16.3 Å². The zero-order chi connectivity index (χ0) is 16.9. The highest BCUT2D eigenvalue weighted by Crippen LogP contribution is 2.59. The summed E-state index contributed by atoms with van der Waals surface area (Å²) >= 11 is 3.34. The van der Waals surface area contributed by atoms with Crippen molar-refractivity contribution in [1.29, 1.82) is 0 Å². The van der Waals surface area contributed by atoms with Crippen LogP contribution in [0.15, 0.2) is 33.6 Å². The Balaban J connectivity index is 1.54. The van der Waals surface area contributed by atoms with Crippen molar-refractivity contribution in [1.82, 2.24) is 4.72 Å². The van der Waals surface area contributed by atoms with Crippen LogP contribution in [0.1, 0.15) is 32.1 Å². The molecule has 0 aliphatic heterocycles. The standard InChI is InChI=1S/C18H24BrNO3S/c1-23-18(14-7-12-6-13(9-14)10-15(18)8-12)11-20-24(21,22)17-4-2-16(19)3-5-17/h2-5,12-15,20H,6-11H2,1H3. The van der Waals surface area contributed by atoms with Crippen LogP contribution >= 0.6 is 15.9 Å². The zero-order valence-corrected chi connectivity index (χ0v) is 16.3. The van der Waals surface area contributed by atoms with Gasteiger partial charge in [-0.15, -0.1) is 0 Å². The van der Waals surface area contributed by atoms with Crippen molar-refractivity contribution in [2.45, 2.75) is 42.6 Å². The maximum Gasteiger partial charge on any atom is 0.240 e. The van der Waals surface area contributed by atoms with Crippen LogP contribution in [0.4, 0.5) is 0 Å². The molecule has 1 N–H and O–H groups in total. The maximum atomic E-state index is 12.7. The van der Waals surface area contributed by atoms with Gasteiger partial charge in [-0.2, -0.15) is 0 Å². The first kappa shape index (κ1) is 17.0. The third-order valence-corrected chi connectivity index (χ3v) is 8.51. The SMILES string of the molecule is COC1(CNS(=O)(=O)c2ccc(Br)cc2)C2CC3CC(C2)CC1C3. The highest BCUT2D eigenvalue weighted by molar-refractivity contribution is 9.10. The summed E-state index contributed by atoms with van der Waals surface area (Å²) in [5, 5.41) is 0. The number of benzene rings is 1. The van der Waals surface area contributed by atoms with Gasteiger partial charge in [0.15, 0.2) is 0 Å². The van der Waals surface area contributed by atoms with Crippen LogP contribution in [0.25, 0.3) is 0 Å². The van der Waals surface area contributed by atoms with Gasteiger partial charge in [-0.1, -0.05) is 15.9 Å². The predicted molar refractivity (Wildman–Crippen MR) is 96.1 cm³/mol. The molecule has 4 nitrogen and oxygen atoms in total. The fourth-order valence-electron chi connectivity index (χ4n) is 5.58. The first-order valence-corrected chi connectivity index (χ1v) is 11.0. The van der Waals surface area contributed by atoms with E-state index in [0.29, 0.717) is 23.3 Å². The largest absolute Gasteiger partial charge is 0.376 e. The Morgan fingerprint density at radius 1 is 1.08 bits per heavy atom. The zero-order valence-electron chi connectivity index (χ0n) is 13.9. The molecule has 132 valence electrons. The Labute approximate surface area is 152 Å². The summed E-state index contributed by atoms with van der Waals surface area (Å²) in [6.45, 7) is 0.386. The van der Waals surface area contributed by atoms with Gasteiger partial charge in [0.25, 0.3) is 0 Å². The molecule has 0 aromatic heterocycles. The summed E-state index contributed by atoms with van der Waals surface area (Å²) in [5.74, 6) is 2.65. The van der Waals surface area contributed by atoms with Gasteiger partial charge in [-0.25, -0.2) is 13.1 Å². The molecular formula is C18H24BrNO3S. The highest BCUT2D eigenvalue weighted by atomic mass is 79.9. The number of ether oxygens (including phenoxy) is 1. The smallest absolute Gasteiger partial charge is 0.240 e. The number of hydrogen-bond acceptors (Lipinski definition) is 3. The Bertz CT molecular complexity index is 688. The fourth-order valence-corrected chi connectivity index (χ4v) is 6.92. The molecule has 0 amide bonds. The molecule has 4 aliphatic rings. The van der Waals surface area contributed by atoms with E-state index in [9.17, 15) is 8.42 Å². The molecule has 4 bridgehead atoms. The minimum atomic E-state index is -3.51. The molecule has 0 atom stereocenters. The molecule has 0 unspecified atom stereocenters. The molecule has 4 fully saturated rings. The molecule has 1 aromatic carbocycles. The van der Waals surface area contributed by atoms with E-state index < -0.39 is 10.0 Å². The Morgan fingerprint density at radius 3 is 2.12 bits per heavy atom. The van der Waals surface area contributed by atoms with E-state index in [1.54, 1.807) is 31.4 Å². The molecule has 0 saturated heterocycles. The van der Waals surface area contributed by atoms with Crippen molar-refractivity contribution in [2.24, 2.45) is 23.7 Å². The van der Waals surface area contributed by atoms with Gasteiger partial charge in [0.2, 0.25) is 10.0 Å². The van der Waals surface area contributed by atoms with Gasteiger partial charge in [0.05, 0.1) is 10.5 Å². The van der Waals surface area contributed by atoms with Crippen LogP contribution in [-0.4, -0.2) is 27.7 Å². The lowest BCUT2D eigenvalue weighted by atomic mass is 9.50. The monoisotopic (exact) mass is 413 g/mol. The molecule has 4 saturated carbocycles. The number of hydrogen-bond donors (Lipinski definition) is 1. The van der Waals surface area contributed by atoms with Crippen molar-refractivity contribution in [2.75, 3.05) is 13.7 Å². The Morgan fingerprint density at radius 2 is 1.62 bits per heavy atom. The second kappa shape index (κ2) is 6.08. The molecule has 24 heavy (non-hydrogen) atoms. The van der Waals surface area contributed by atoms with E-state index in [1.807, 2.05) is 0 Å². The lowest BCUT2D eigenvalue weighted by Crippen LogP contribution is -2.63. The van der Waals surface area contributed by atoms with Crippen molar-refractivity contribution in [3.05, 3.63) is 28.7 Å². The van der Waals surface area contributed by atoms with Crippen molar-refractivity contribution >= 4 is 26.0 Å². The van der Waals surface area contributed by atoms with E-state index >= 15 is 0 Å². The third-order valence-electron chi connectivity index (χ3n) is 6.56. The van der Waals surface area contributed by atoms with Crippen molar-refractivity contribution in [3.8, 4) is 0 Å². The molecule has 0 radical (unpaired) electrons. The van der Waals surface area contributed by atoms with Gasteiger partial charge < -0.3 is 4.74 Å². The van der Waals surface area contributed by atoms with Gasteiger partial charge in [-0.3, -0.25) is 0 Å². The molecule has 6 heteroatoms. The summed E-state index contributed by atoms with van der Waals surface area (Å²) in [4.78, 5) is 0.306. The molecule has 5 rings (SSSR count). The summed E-state index contributed by atoms with van der Waals surface area (Å²) in [6, 6.07) is 6.76. The van der Waals surface area contributed by atoms with E-state index in [1.165, 1.54) is 32.1 Å². The Kier molecular flexibility index (Phi) is 4.31. The number of methoxy groups -OCH3 is 1. The highest BCUT2D eigenvalue weighted by Gasteiger charge is 2.57. The topological polar surface area (TPSA) is 55.4 Å². The first-order valence-electron chi connectivity index (χ1n) is 8.73. The van der Waals surface area contributed by atoms with Crippen molar-refractivity contribution in [3.63, 3.8) is 0 Å². The molecule has 0 heterocycles. The number of sulfonamides is 1. The van der Waals surface area contributed by atoms with Crippen LogP contribution in [-0.2, 0) is 14.8 Å². The third kappa shape index (κ3) is 2.75. The van der Waals surface area contributed by atoms with Gasteiger partial charge in [-0.05, 0) is 80.0 Å². The second-order valence-electron chi connectivity index (χ2n) is 7.74. The average molecular weight is 414 g/mol. The number of rotatable bonds is 5. The maximum absolute atomic E-state index is 12.7. The minimum Gasteiger partial charge on any atom is -0.376 e. The van der Waals surface area contributed by atoms with E-state index in [2.05, 4.69) is 20.7 Å². The first-order chi connectivity index (χ1) is 11.4. The molecular weight excluding hydrogens is 390 g/mol. The van der Waals surface area contributed by atoms with Gasteiger partial charge in [0, 0.05) is 18.1 Å². The van der Waals surface area contributed by atoms with Crippen LogP contribution in [0.5, 0.6) is 0 Å². The minimum absolute atomic E-state index is 0.306. The van der Waals surface area contributed by atoms with Crippen LogP contribution in [0, 0.1) is 23.7 Å². The lowest BCUT2D eigenvalue weighted by Gasteiger charge is -2.60. The normalized spacial score (nSPS) is 37.8. The predicted octanol–water partition coefficient (Wildman–Crippen LogP) is 3.57. The average Bonchev–Trinajstić information content (AvgIpc) is 2.55. The van der Waals surface area contributed by atoms with Crippen molar-refractivity contribution < 1.29 is 13.2 Å². The van der Waals surface area contributed by atoms with Crippen LogP contribution in [0.3, 0.4) is 0 Å². The van der Waals surface area contributed by atoms with Crippen LogP contribution in [0.2, 0.25) is 0 Å². The molecule has 0 spiro atoms. The Hall–Kier alpha value is -0.430. The van der Waals surface area contributed by atoms with E-state index in [4.69, 9.17) is 4.74 Å². The summed E-state index contributed by atoms with van der Waals surface area (Å²) in [5.41, 5.74) is -0.324. The summed E-state index contributed by atoms with van der Waals surface area (Å²) in [7, 11) is -1.75. The van der Waals surface area contributed by atoms with Gasteiger partial charge in [0.1, 0.15) is 0 Å². The summed E-state index contributed by atoms with van der Waals surface area (Å²) in [6.07, 6.45) is 6.15. The van der Waals surface area contributed by atoms with Gasteiger partial charge >= 0.3 is 0 Å².